The summed E-state index contributed by atoms with van der Waals surface area (Å²) in [5.74, 6) is -0.245. The Bertz CT molecular complexity index is 578. The number of halogens is 2. The third kappa shape index (κ3) is 3.47. The van der Waals surface area contributed by atoms with Gasteiger partial charge in [0.25, 0.3) is 0 Å². The van der Waals surface area contributed by atoms with Crippen molar-refractivity contribution in [3.8, 4) is 10.6 Å². The summed E-state index contributed by atoms with van der Waals surface area (Å²) in [6.07, 6.45) is 0.862. The molecule has 0 bridgehead atoms. The van der Waals surface area contributed by atoms with Crippen molar-refractivity contribution in [1.82, 2.24) is 4.98 Å². The Morgan fingerprint density at radius 1 is 1.37 bits per heavy atom. The van der Waals surface area contributed by atoms with Crippen molar-refractivity contribution in [3.05, 3.63) is 39.3 Å². The maximum absolute atomic E-state index is 11.1. The van der Waals surface area contributed by atoms with Crippen LogP contribution in [0.25, 0.3) is 10.6 Å². The molecule has 0 atom stereocenters. The van der Waals surface area contributed by atoms with E-state index >= 15 is 0 Å². The highest BCUT2D eigenvalue weighted by Crippen LogP contribution is 2.36. The van der Waals surface area contributed by atoms with Gasteiger partial charge in [0.15, 0.2) is 0 Å². The molecular formula is C13H11Cl2NO2S. The van der Waals surface area contributed by atoms with Crippen molar-refractivity contribution in [1.29, 1.82) is 0 Å². The quantitative estimate of drug-likeness (QED) is 0.793. The maximum Gasteiger partial charge on any atom is 0.305 e. The molecule has 0 saturated carbocycles. The first-order valence-corrected chi connectivity index (χ1v) is 7.21. The van der Waals surface area contributed by atoms with Crippen LogP contribution in [0.15, 0.2) is 23.6 Å². The summed E-state index contributed by atoms with van der Waals surface area (Å²) in [5.41, 5.74) is 1.57. The van der Waals surface area contributed by atoms with E-state index in [1.807, 2.05) is 5.38 Å². The highest BCUT2D eigenvalue weighted by molar-refractivity contribution is 7.13. The van der Waals surface area contributed by atoms with Crippen molar-refractivity contribution in [3.63, 3.8) is 0 Å². The van der Waals surface area contributed by atoms with Crippen LogP contribution in [0.1, 0.15) is 12.1 Å². The molecule has 3 nitrogen and oxygen atoms in total. The molecule has 2 rings (SSSR count). The largest absolute Gasteiger partial charge is 0.469 e. The number of benzene rings is 1. The second-order valence-electron chi connectivity index (χ2n) is 3.82. The monoisotopic (exact) mass is 315 g/mol. The van der Waals surface area contributed by atoms with Gasteiger partial charge in [-0.15, -0.1) is 11.3 Å². The number of rotatable bonds is 4. The molecule has 19 heavy (non-hydrogen) atoms. The summed E-state index contributed by atoms with van der Waals surface area (Å²) in [6.45, 7) is 0. The molecule has 6 heteroatoms. The zero-order valence-electron chi connectivity index (χ0n) is 10.2. The number of aromatic nitrogens is 1. The van der Waals surface area contributed by atoms with Gasteiger partial charge in [0.05, 0.1) is 29.3 Å². The Morgan fingerprint density at radius 3 is 2.68 bits per heavy atom. The number of ether oxygens (including phenoxy) is 1. The molecule has 1 aromatic carbocycles. The lowest BCUT2D eigenvalue weighted by Gasteiger charge is -2.02. The van der Waals surface area contributed by atoms with E-state index in [0.29, 0.717) is 22.9 Å². The van der Waals surface area contributed by atoms with E-state index in [9.17, 15) is 4.79 Å². The SMILES string of the molecule is COC(=O)CCc1csc(-c2c(Cl)cccc2Cl)n1. The number of hydrogen-bond donors (Lipinski definition) is 0. The first kappa shape index (κ1) is 14.3. The van der Waals surface area contributed by atoms with Crippen LogP contribution in [0.4, 0.5) is 0 Å². The molecule has 1 aromatic heterocycles. The summed E-state index contributed by atoms with van der Waals surface area (Å²) in [7, 11) is 1.37. The molecule has 1 heterocycles. The Labute approximate surface area is 125 Å². The fourth-order valence-corrected chi connectivity index (χ4v) is 3.19. The van der Waals surface area contributed by atoms with Gasteiger partial charge in [-0.2, -0.15) is 0 Å². The smallest absolute Gasteiger partial charge is 0.305 e. The Balaban J connectivity index is 2.19. The Hall–Kier alpha value is -1.10. The molecule has 0 aliphatic rings. The minimum atomic E-state index is -0.245. The molecule has 2 aromatic rings. The molecular weight excluding hydrogens is 305 g/mol. The first-order chi connectivity index (χ1) is 9.11. The predicted octanol–water partition coefficient (Wildman–Crippen LogP) is 4.22. The van der Waals surface area contributed by atoms with E-state index in [1.165, 1.54) is 18.4 Å². The molecule has 0 aliphatic carbocycles. The van der Waals surface area contributed by atoms with Gasteiger partial charge in [0.2, 0.25) is 0 Å². The molecule has 0 aliphatic heterocycles. The van der Waals surface area contributed by atoms with Gasteiger partial charge >= 0.3 is 5.97 Å². The molecule has 0 amide bonds. The lowest BCUT2D eigenvalue weighted by atomic mass is 10.2. The van der Waals surface area contributed by atoms with Crippen LogP contribution in [0.5, 0.6) is 0 Å². The van der Waals surface area contributed by atoms with E-state index in [1.54, 1.807) is 18.2 Å². The van der Waals surface area contributed by atoms with E-state index in [0.717, 1.165) is 16.3 Å². The van der Waals surface area contributed by atoms with Crippen molar-refractivity contribution in [2.75, 3.05) is 7.11 Å². The molecule has 0 radical (unpaired) electrons. The van der Waals surface area contributed by atoms with E-state index in [2.05, 4.69) is 9.72 Å². The molecule has 0 spiro atoms. The van der Waals surface area contributed by atoms with Crippen molar-refractivity contribution < 1.29 is 9.53 Å². The minimum Gasteiger partial charge on any atom is -0.469 e. The standard InChI is InChI=1S/C13H11Cl2NO2S/c1-18-11(17)6-5-8-7-19-13(16-8)12-9(14)3-2-4-10(12)15/h2-4,7H,5-6H2,1H3. The number of esters is 1. The lowest BCUT2D eigenvalue weighted by molar-refractivity contribution is -0.140. The number of hydrogen-bond acceptors (Lipinski definition) is 4. The number of thiazole rings is 1. The highest BCUT2D eigenvalue weighted by Gasteiger charge is 2.13. The van der Waals surface area contributed by atoms with Gasteiger partial charge in [-0.3, -0.25) is 4.79 Å². The number of carbonyl (C=O) groups excluding carboxylic acids is 1. The van der Waals surface area contributed by atoms with Gasteiger partial charge in [-0.25, -0.2) is 4.98 Å². The number of aryl methyl sites for hydroxylation is 1. The average molecular weight is 316 g/mol. The van der Waals surface area contributed by atoms with Crippen LogP contribution < -0.4 is 0 Å². The zero-order valence-corrected chi connectivity index (χ0v) is 12.5. The van der Waals surface area contributed by atoms with Crippen LogP contribution in [0.3, 0.4) is 0 Å². The average Bonchev–Trinajstić information content (AvgIpc) is 2.84. The van der Waals surface area contributed by atoms with Gasteiger partial charge in [0, 0.05) is 17.4 Å². The fourth-order valence-electron chi connectivity index (χ4n) is 1.57. The van der Waals surface area contributed by atoms with Gasteiger partial charge < -0.3 is 4.74 Å². The summed E-state index contributed by atoms with van der Waals surface area (Å²) < 4.78 is 4.60. The summed E-state index contributed by atoms with van der Waals surface area (Å²) in [4.78, 5) is 15.5. The second-order valence-corrected chi connectivity index (χ2v) is 5.49. The van der Waals surface area contributed by atoms with E-state index in [4.69, 9.17) is 23.2 Å². The third-order valence-corrected chi connectivity index (χ3v) is 4.08. The minimum absolute atomic E-state index is 0.245. The normalized spacial score (nSPS) is 10.5. The van der Waals surface area contributed by atoms with E-state index in [-0.39, 0.29) is 5.97 Å². The summed E-state index contributed by atoms with van der Waals surface area (Å²) in [5, 5.41) is 3.80. The van der Waals surface area contributed by atoms with Crippen LogP contribution >= 0.6 is 34.5 Å². The van der Waals surface area contributed by atoms with E-state index < -0.39 is 0 Å². The fraction of sp³-hybridized carbons (Fsp3) is 0.231. The first-order valence-electron chi connectivity index (χ1n) is 5.57. The van der Waals surface area contributed by atoms with Crippen LogP contribution in [-0.2, 0) is 16.0 Å². The van der Waals surface area contributed by atoms with Crippen LogP contribution in [0.2, 0.25) is 10.0 Å². The summed E-state index contributed by atoms with van der Waals surface area (Å²) >= 11 is 13.7. The number of nitrogens with zero attached hydrogens (tertiary/aromatic N) is 1. The zero-order chi connectivity index (χ0) is 13.8. The predicted molar refractivity (Wildman–Crippen MR) is 77.9 cm³/mol. The van der Waals surface area contributed by atoms with Gasteiger partial charge in [0.1, 0.15) is 5.01 Å². The van der Waals surface area contributed by atoms with Gasteiger partial charge in [-0.05, 0) is 12.1 Å². The van der Waals surface area contributed by atoms with Crippen LogP contribution in [0, 0.1) is 0 Å². The molecule has 0 fully saturated rings. The topological polar surface area (TPSA) is 39.2 Å². The number of methoxy groups -OCH3 is 1. The van der Waals surface area contributed by atoms with Gasteiger partial charge in [-0.1, -0.05) is 29.3 Å². The lowest BCUT2D eigenvalue weighted by Crippen LogP contribution is -2.01. The molecule has 0 N–H and O–H groups in total. The molecule has 0 unspecified atom stereocenters. The Kier molecular flexibility index (Phi) is 4.80. The number of carbonyl (C=O) groups is 1. The summed E-state index contributed by atoms with van der Waals surface area (Å²) in [6, 6.07) is 5.34. The molecule has 100 valence electrons. The molecule has 0 saturated heterocycles. The van der Waals surface area contributed by atoms with Crippen LogP contribution in [-0.4, -0.2) is 18.1 Å². The van der Waals surface area contributed by atoms with Crippen molar-refractivity contribution in [2.45, 2.75) is 12.8 Å². The third-order valence-electron chi connectivity index (χ3n) is 2.54. The Morgan fingerprint density at radius 2 is 2.05 bits per heavy atom. The van der Waals surface area contributed by atoms with Crippen molar-refractivity contribution >= 4 is 40.5 Å². The maximum atomic E-state index is 11.1. The highest BCUT2D eigenvalue weighted by atomic mass is 35.5. The second kappa shape index (κ2) is 6.37. The van der Waals surface area contributed by atoms with Crippen molar-refractivity contribution in [2.24, 2.45) is 0 Å².